The van der Waals surface area contributed by atoms with Gasteiger partial charge in [0, 0.05) is 216 Å². The van der Waals surface area contributed by atoms with E-state index < -0.39 is 23.6 Å². The van der Waals surface area contributed by atoms with Crippen LogP contribution in [0.15, 0.2) is 187 Å². The number of carbonyl (C=O) groups excluding carboxylic acids is 5. The lowest BCUT2D eigenvalue weighted by Crippen LogP contribution is -2.37. The number of hydrogen-bond acceptors (Lipinski definition) is 17. The van der Waals surface area contributed by atoms with Crippen LogP contribution in [0.25, 0.3) is 43.6 Å². The molecule has 4 aromatic heterocycles. The van der Waals surface area contributed by atoms with Crippen LogP contribution in [-0.2, 0) is 95.5 Å². The molecule has 0 bridgehead atoms. The number of morpholine rings is 1. The van der Waals surface area contributed by atoms with E-state index in [4.69, 9.17) is 25.6 Å². The molecule has 1 saturated heterocycles. The average molecular weight is 1760 g/mol. The van der Waals surface area contributed by atoms with Gasteiger partial charge in [-0.3, -0.25) is 54.6 Å². The first-order valence-corrected chi connectivity index (χ1v) is 44.0. The van der Waals surface area contributed by atoms with E-state index in [1.54, 1.807) is 70.5 Å². The summed E-state index contributed by atoms with van der Waals surface area (Å²) >= 11 is 3.58. The highest BCUT2D eigenvalue weighted by atomic mass is 79.9. The Labute approximate surface area is 738 Å². The summed E-state index contributed by atoms with van der Waals surface area (Å²) in [6.45, 7) is 20.0. The van der Waals surface area contributed by atoms with Crippen molar-refractivity contribution >= 4 is 89.1 Å². The SMILES string of the molecule is C=C(O)CN1CCc2c(c3cc(Br)ccc3n2Cc2ccc(C(=O)NO)cc2)C1.CN(C)CCCNC(=O)c1ccc2c(c1)c1c(n2Cc2ccc(C(=O)NO)cc2)CCN(C)C1.CN(C)CCc1ccc2c3c(n(Cc4ccc(C(=O)NO)cc4)c2c1)CCN(C)C3.O=C(NO)c1ccc(Cn2c3c(c4cc(CCN5CCOCC5)ccc42)CCCC3)cc1. The quantitative estimate of drug-likeness (QED) is 0.0110. The van der Waals surface area contributed by atoms with Gasteiger partial charge in [-0.15, -0.1) is 0 Å². The Bertz CT molecular complexity index is 5850. The topological polar surface area (TPSA) is 295 Å². The van der Waals surface area contributed by atoms with E-state index in [9.17, 15) is 29.1 Å². The van der Waals surface area contributed by atoms with Crippen molar-refractivity contribution in [1.29, 1.82) is 0 Å². The van der Waals surface area contributed by atoms with Gasteiger partial charge in [-0.2, -0.15) is 0 Å². The molecule has 0 unspecified atom stereocenters. The molecular weight excluding hydrogens is 1640 g/mol. The van der Waals surface area contributed by atoms with Crippen molar-refractivity contribution in [3.63, 3.8) is 0 Å². The molecule has 8 aromatic carbocycles. The number of nitrogens with one attached hydrogen (secondary N) is 5. The monoisotopic (exact) mass is 1760 g/mol. The maximum Gasteiger partial charge on any atom is 0.274 e. The fourth-order valence-corrected chi connectivity index (χ4v) is 18.5. The number of aliphatic hydroxyl groups excluding tert-OH is 1. The minimum atomic E-state index is -0.522. The van der Waals surface area contributed by atoms with Gasteiger partial charge < -0.3 is 53.0 Å². The lowest BCUT2D eigenvalue weighted by atomic mass is 9.95. The molecule has 125 heavy (non-hydrogen) atoms. The van der Waals surface area contributed by atoms with Crippen LogP contribution < -0.4 is 27.2 Å². The number of ether oxygens (including phenoxy) is 1. The van der Waals surface area contributed by atoms with Crippen LogP contribution in [0, 0.1) is 0 Å². The standard InChI is InChI=1S/C26H33N5O3.C26H31N3O3.C24H30N4O2.C22H22BrN3O3/c1-29(2)13-4-12-27-25(32)20-9-10-23-21(15-20)22-17-30(3)14-11-24(22)31(23)16-18-5-7-19(8-6-18)26(33)28-34;30-26(27-31)21-8-5-20(6-9-21)18-29-24-4-2-1-3-22(24)23-17-19(7-10-25(23)29)11-12-28-13-15-32-16-14-28;1-26(2)12-10-17-6-9-20-21-16-27(3)13-11-22(21)28(23(20)14-17)15-18-4-7-19(8-5-18)24(29)25-30;1-14(27)11-25-9-8-21-19(13-25)18-10-17(23)6-7-20(18)26(21)12-15-2-4-16(5-3-15)22(28)24-29/h5-10,15,34H,4,11-14,16-17H2,1-3H3,(H,27,32)(H,28,33);5-10,17,31H,1-4,11-16,18H2,(H,27,30);4-9,14,30H,10-13,15-16H2,1-3H3,(H,25,29);2-7,10,27,29H,1,8-9,11-13H2,(H,24,28). The number of hydrogen-bond donors (Lipinski definition) is 10. The Kier molecular flexibility index (Phi) is 30.1. The van der Waals surface area contributed by atoms with Crippen LogP contribution >= 0.6 is 15.9 Å². The number of aromatic nitrogens is 4. The molecule has 17 rings (SSSR count). The van der Waals surface area contributed by atoms with Gasteiger partial charge in [0.25, 0.3) is 29.5 Å². The molecule has 26 nitrogen and oxygen atoms in total. The number of amides is 5. The summed E-state index contributed by atoms with van der Waals surface area (Å²) in [6, 6.07) is 55.7. The molecule has 10 N–H and O–H groups in total. The second-order valence-electron chi connectivity index (χ2n) is 34.1. The van der Waals surface area contributed by atoms with Gasteiger partial charge in [0.2, 0.25) is 0 Å². The van der Waals surface area contributed by atoms with Crippen LogP contribution in [0.1, 0.15) is 149 Å². The summed E-state index contributed by atoms with van der Waals surface area (Å²) in [7, 11) is 12.6. The molecular formula is C98H116BrN15O11. The van der Waals surface area contributed by atoms with E-state index in [2.05, 4.69) is 158 Å². The van der Waals surface area contributed by atoms with E-state index in [-0.39, 0.29) is 11.7 Å². The summed E-state index contributed by atoms with van der Waals surface area (Å²) in [4.78, 5) is 72.9. The van der Waals surface area contributed by atoms with Crippen molar-refractivity contribution in [2.45, 2.75) is 110 Å². The van der Waals surface area contributed by atoms with Gasteiger partial charge in [-0.05, 0) is 253 Å². The van der Waals surface area contributed by atoms with Gasteiger partial charge in [-0.25, -0.2) is 21.9 Å². The summed E-state index contributed by atoms with van der Waals surface area (Å²) < 4.78 is 16.1. The molecule has 1 fully saturated rings. The minimum Gasteiger partial charge on any atom is -0.512 e. The fourth-order valence-electron chi connectivity index (χ4n) is 18.1. The molecule has 0 saturated carbocycles. The first kappa shape index (κ1) is 90.1. The highest BCUT2D eigenvalue weighted by Crippen LogP contribution is 2.38. The van der Waals surface area contributed by atoms with Crippen LogP contribution in [0.4, 0.5) is 0 Å². The maximum absolute atomic E-state index is 12.8. The first-order chi connectivity index (χ1) is 60.5. The van der Waals surface area contributed by atoms with E-state index in [0.29, 0.717) is 54.0 Å². The van der Waals surface area contributed by atoms with E-state index in [1.807, 2.05) is 80.8 Å². The Morgan fingerprint density at radius 3 is 1.31 bits per heavy atom. The highest BCUT2D eigenvalue weighted by molar-refractivity contribution is 9.10. The summed E-state index contributed by atoms with van der Waals surface area (Å²) in [6.07, 6.45) is 10.7. The number of rotatable bonds is 25. The minimum absolute atomic E-state index is 0.0379. The first-order valence-electron chi connectivity index (χ1n) is 43.2. The number of nitrogens with zero attached hydrogens (tertiary/aromatic N) is 10. The normalized spacial score (nSPS) is 14.7. The Balaban J connectivity index is 0.000000136. The largest absolute Gasteiger partial charge is 0.512 e. The number of halogens is 1. The second-order valence-corrected chi connectivity index (χ2v) is 35.0. The molecule has 0 spiro atoms. The average Bonchev–Trinajstić information content (AvgIpc) is 1.62. The summed E-state index contributed by atoms with van der Waals surface area (Å²) in [5.41, 5.74) is 32.2. The van der Waals surface area contributed by atoms with Gasteiger partial charge in [0.05, 0.1) is 25.5 Å². The zero-order valence-corrected chi connectivity index (χ0v) is 74.0. The summed E-state index contributed by atoms with van der Waals surface area (Å²) in [5.74, 6) is -1.86. The predicted molar refractivity (Wildman–Crippen MR) is 491 cm³/mol. The summed E-state index contributed by atoms with van der Waals surface area (Å²) in [5, 5.41) is 53.0. The van der Waals surface area contributed by atoms with Gasteiger partial charge in [-0.1, -0.05) is 89.2 Å². The lowest BCUT2D eigenvalue weighted by molar-refractivity contribution is 0.0384. The van der Waals surface area contributed by atoms with Crippen LogP contribution in [0.3, 0.4) is 0 Å². The molecule has 4 aliphatic heterocycles. The Morgan fingerprint density at radius 2 is 0.816 bits per heavy atom. The number of aliphatic hydroxyl groups is 1. The van der Waals surface area contributed by atoms with Gasteiger partial charge in [0.15, 0.2) is 0 Å². The van der Waals surface area contributed by atoms with Crippen LogP contribution in [-0.4, -0.2) is 224 Å². The smallest absolute Gasteiger partial charge is 0.274 e. The van der Waals surface area contributed by atoms with E-state index in [0.717, 1.165) is 187 Å². The fraction of sp³-hybridized carbons (Fsp3) is 0.357. The number of hydroxylamine groups is 4. The highest BCUT2D eigenvalue weighted by Gasteiger charge is 2.29. The third-order valence-electron chi connectivity index (χ3n) is 24.7. The van der Waals surface area contributed by atoms with Gasteiger partial charge in [0.1, 0.15) is 0 Å². The number of benzene rings is 8. The van der Waals surface area contributed by atoms with Crippen molar-refractivity contribution in [2.75, 3.05) is 121 Å². The molecule has 5 aliphatic rings. The van der Waals surface area contributed by atoms with Crippen molar-refractivity contribution in [2.24, 2.45) is 0 Å². The molecule has 656 valence electrons. The molecule has 12 aromatic rings. The van der Waals surface area contributed by atoms with Crippen molar-refractivity contribution in [3.8, 4) is 0 Å². The van der Waals surface area contributed by atoms with Crippen molar-refractivity contribution in [3.05, 3.63) is 293 Å². The number of aryl methyl sites for hydroxylation is 1. The third kappa shape index (κ3) is 21.9. The third-order valence-corrected chi connectivity index (χ3v) is 25.2. The van der Waals surface area contributed by atoms with Crippen LogP contribution in [0.2, 0.25) is 0 Å². The Morgan fingerprint density at radius 1 is 0.408 bits per heavy atom. The zero-order chi connectivity index (χ0) is 88.0. The number of carbonyl (C=O) groups is 5. The molecule has 0 atom stereocenters. The molecule has 27 heteroatoms. The molecule has 0 radical (unpaired) electrons. The lowest BCUT2D eigenvalue weighted by Gasteiger charge is -2.27. The maximum atomic E-state index is 12.8. The van der Waals surface area contributed by atoms with Crippen molar-refractivity contribution < 1.29 is 54.6 Å². The number of likely N-dealkylation sites (N-methyl/N-ethyl adjacent to an activating group) is 3. The zero-order valence-electron chi connectivity index (χ0n) is 72.4. The number of fused-ring (bicyclic) bond motifs is 12. The van der Waals surface area contributed by atoms with E-state index >= 15 is 0 Å². The Hall–Kier alpha value is -11.2. The van der Waals surface area contributed by atoms with Crippen LogP contribution in [0.5, 0.6) is 0 Å². The molecule has 5 amide bonds. The van der Waals surface area contributed by atoms with Crippen molar-refractivity contribution in [1.82, 2.24) is 74.9 Å². The molecule has 8 heterocycles. The second kappa shape index (κ2) is 41.8. The van der Waals surface area contributed by atoms with Gasteiger partial charge >= 0.3 is 0 Å². The molecule has 1 aliphatic carbocycles. The predicted octanol–water partition coefficient (Wildman–Crippen LogP) is 12.9. The van der Waals surface area contributed by atoms with E-state index in [1.165, 1.54) is 102 Å².